The lowest BCUT2D eigenvalue weighted by Gasteiger charge is -2.45. The zero-order valence-corrected chi connectivity index (χ0v) is 16.1. The minimum Gasteiger partial charge on any atom is -0.382 e. The van der Waals surface area contributed by atoms with Gasteiger partial charge in [0, 0.05) is 12.0 Å². The van der Waals surface area contributed by atoms with E-state index < -0.39 is 5.60 Å². The molecule has 2 aromatic rings. The average Bonchev–Trinajstić information content (AvgIpc) is 3.47. The van der Waals surface area contributed by atoms with E-state index in [-0.39, 0.29) is 6.17 Å². The predicted octanol–water partition coefficient (Wildman–Crippen LogP) is 2.52. The molecule has 2 fully saturated rings. The Morgan fingerprint density at radius 1 is 1.21 bits per heavy atom. The molecule has 28 heavy (non-hydrogen) atoms. The molecule has 0 spiro atoms. The van der Waals surface area contributed by atoms with Gasteiger partial charge in [-0.05, 0) is 50.1 Å². The number of aromatic nitrogens is 4. The molecule has 148 valence electrons. The van der Waals surface area contributed by atoms with E-state index in [2.05, 4.69) is 35.1 Å². The van der Waals surface area contributed by atoms with Gasteiger partial charge in [0.2, 0.25) is 16.9 Å². The highest BCUT2D eigenvalue weighted by atomic mass is 35.5. The topological polar surface area (TPSA) is 105 Å². The van der Waals surface area contributed by atoms with Gasteiger partial charge in [0.1, 0.15) is 17.6 Å². The van der Waals surface area contributed by atoms with Crippen LogP contribution in [0.2, 0.25) is 5.28 Å². The zero-order valence-electron chi connectivity index (χ0n) is 15.4. The van der Waals surface area contributed by atoms with Crippen molar-refractivity contribution in [3.63, 3.8) is 0 Å². The van der Waals surface area contributed by atoms with Gasteiger partial charge in [0.25, 0.3) is 5.89 Å². The summed E-state index contributed by atoms with van der Waals surface area (Å²) in [6.07, 6.45) is 9.65. The van der Waals surface area contributed by atoms with Crippen LogP contribution in [0.3, 0.4) is 0 Å². The van der Waals surface area contributed by atoms with Crippen LogP contribution in [0.4, 0.5) is 5.82 Å². The number of halogens is 1. The molecule has 2 saturated carbocycles. The number of hydrazone groups is 1. The zero-order chi connectivity index (χ0) is 18.9. The number of aliphatic hydroxyl groups is 1. The van der Waals surface area contributed by atoms with Gasteiger partial charge in [-0.3, -0.25) is 14.9 Å². The summed E-state index contributed by atoms with van der Waals surface area (Å²) in [5.74, 6) is 2.48. The van der Waals surface area contributed by atoms with Crippen LogP contribution in [-0.2, 0) is 5.60 Å². The number of fused-ring (bicyclic) bond motifs is 6. The lowest BCUT2D eigenvalue weighted by atomic mass is 9.80. The van der Waals surface area contributed by atoms with Crippen LogP contribution in [0, 0.1) is 5.92 Å². The molecule has 2 N–H and O–H groups in total. The number of amidine groups is 1. The number of nitrogens with one attached hydrogen (secondary N) is 1. The maximum Gasteiger partial charge on any atom is 0.295 e. The van der Waals surface area contributed by atoms with E-state index in [0.717, 1.165) is 31.5 Å². The quantitative estimate of drug-likeness (QED) is 0.793. The Hall–Kier alpha value is -2.13. The highest BCUT2D eigenvalue weighted by Crippen LogP contribution is 2.47. The maximum atomic E-state index is 10.8. The van der Waals surface area contributed by atoms with E-state index in [0.29, 0.717) is 47.6 Å². The van der Waals surface area contributed by atoms with Crippen molar-refractivity contribution < 1.29 is 9.63 Å². The van der Waals surface area contributed by atoms with Crippen LogP contribution in [0.15, 0.2) is 15.8 Å². The standard InChI is InChI=1S/C18H22ClN7O2/c19-17-20-9-12-25(17)11-6-2-1-5-10(11)13-22-23-14(26(12)13)15-21-16(24-28-15)18(27)7-3-4-8-18/h9-11,13,22,27H,1-8H2. The molecule has 3 atom stereocenters. The van der Waals surface area contributed by atoms with Crippen LogP contribution < -0.4 is 10.3 Å². The molecular formula is C18H22ClN7O2. The molecule has 2 aromatic heterocycles. The SMILES string of the molecule is OC1(c2noc(C3=NNC4C5CCCCC5n5c(cnc5Cl)N34)n2)CCCC1. The number of hydrogen-bond acceptors (Lipinski definition) is 8. The maximum absolute atomic E-state index is 10.8. The minimum atomic E-state index is -0.991. The molecule has 0 bridgehead atoms. The van der Waals surface area contributed by atoms with Gasteiger partial charge < -0.3 is 9.63 Å². The van der Waals surface area contributed by atoms with E-state index >= 15 is 0 Å². The number of anilines is 1. The summed E-state index contributed by atoms with van der Waals surface area (Å²) in [6.45, 7) is 0. The number of nitrogens with zero attached hydrogens (tertiary/aromatic N) is 6. The van der Waals surface area contributed by atoms with Gasteiger partial charge in [0.15, 0.2) is 0 Å². The summed E-state index contributed by atoms with van der Waals surface area (Å²) in [7, 11) is 0. The summed E-state index contributed by atoms with van der Waals surface area (Å²) in [4.78, 5) is 10.9. The molecule has 0 aromatic carbocycles. The molecule has 4 aliphatic rings. The first-order chi connectivity index (χ1) is 13.7. The Bertz CT molecular complexity index is 948. The van der Waals surface area contributed by atoms with E-state index in [1.165, 1.54) is 12.8 Å². The monoisotopic (exact) mass is 403 g/mol. The first-order valence-corrected chi connectivity index (χ1v) is 10.5. The predicted molar refractivity (Wildman–Crippen MR) is 101 cm³/mol. The van der Waals surface area contributed by atoms with Crippen molar-refractivity contribution in [3.8, 4) is 0 Å². The lowest BCUT2D eigenvalue weighted by molar-refractivity contribution is 0.0328. The fraction of sp³-hybridized carbons (Fsp3) is 0.667. The van der Waals surface area contributed by atoms with Crippen LogP contribution >= 0.6 is 11.6 Å². The van der Waals surface area contributed by atoms with E-state index in [9.17, 15) is 5.11 Å². The Morgan fingerprint density at radius 3 is 2.89 bits per heavy atom. The van der Waals surface area contributed by atoms with Crippen molar-refractivity contribution in [1.82, 2.24) is 25.1 Å². The summed E-state index contributed by atoms with van der Waals surface area (Å²) < 4.78 is 7.65. The highest BCUT2D eigenvalue weighted by Gasteiger charge is 2.49. The molecule has 2 aliphatic carbocycles. The van der Waals surface area contributed by atoms with E-state index in [1.807, 2.05) is 0 Å². The van der Waals surface area contributed by atoms with Crippen molar-refractivity contribution in [1.29, 1.82) is 0 Å². The van der Waals surface area contributed by atoms with Crippen molar-refractivity contribution >= 4 is 23.3 Å². The van der Waals surface area contributed by atoms with Crippen LogP contribution in [0.25, 0.3) is 0 Å². The Balaban J connectivity index is 1.40. The molecule has 0 saturated heterocycles. The fourth-order valence-electron chi connectivity index (χ4n) is 5.39. The molecule has 0 amide bonds. The Labute approximate surface area is 166 Å². The van der Waals surface area contributed by atoms with Gasteiger partial charge in [-0.2, -0.15) is 10.1 Å². The molecule has 6 rings (SSSR count). The second-order valence-electron chi connectivity index (χ2n) is 8.31. The molecule has 3 unspecified atom stereocenters. The summed E-state index contributed by atoms with van der Waals surface area (Å²) in [5.41, 5.74) is 2.29. The summed E-state index contributed by atoms with van der Waals surface area (Å²) in [5, 5.41) is 19.9. The van der Waals surface area contributed by atoms with Gasteiger partial charge >= 0.3 is 0 Å². The van der Waals surface area contributed by atoms with Crippen LogP contribution in [-0.4, -0.2) is 36.8 Å². The van der Waals surface area contributed by atoms with Crippen molar-refractivity contribution in [2.24, 2.45) is 11.0 Å². The largest absolute Gasteiger partial charge is 0.382 e. The van der Waals surface area contributed by atoms with Crippen molar-refractivity contribution in [2.75, 3.05) is 4.90 Å². The molecule has 10 heteroatoms. The Kier molecular flexibility index (Phi) is 3.56. The van der Waals surface area contributed by atoms with Crippen LogP contribution in [0.1, 0.15) is 69.1 Å². The minimum absolute atomic E-state index is 0.0190. The van der Waals surface area contributed by atoms with Crippen LogP contribution in [0.5, 0.6) is 0 Å². The highest BCUT2D eigenvalue weighted by molar-refractivity contribution is 6.28. The second-order valence-corrected chi connectivity index (χ2v) is 8.65. The average molecular weight is 404 g/mol. The fourth-order valence-corrected chi connectivity index (χ4v) is 5.65. The molecule has 4 heterocycles. The smallest absolute Gasteiger partial charge is 0.295 e. The van der Waals surface area contributed by atoms with Gasteiger partial charge in [0.05, 0.1) is 6.20 Å². The van der Waals surface area contributed by atoms with Crippen molar-refractivity contribution in [2.45, 2.75) is 69.2 Å². The number of hydrogen-bond donors (Lipinski definition) is 2. The summed E-state index contributed by atoms with van der Waals surface area (Å²) in [6, 6.07) is 0.319. The first-order valence-electron chi connectivity index (χ1n) is 10.1. The van der Waals surface area contributed by atoms with E-state index in [1.54, 1.807) is 6.20 Å². The van der Waals surface area contributed by atoms with Gasteiger partial charge in [-0.1, -0.05) is 18.0 Å². The lowest BCUT2D eigenvalue weighted by Crippen LogP contribution is -2.53. The second kappa shape index (κ2) is 5.93. The normalized spacial score (nSPS) is 30.4. The molecular weight excluding hydrogens is 382 g/mol. The summed E-state index contributed by atoms with van der Waals surface area (Å²) >= 11 is 6.45. The van der Waals surface area contributed by atoms with Gasteiger partial charge in [-0.25, -0.2) is 4.98 Å². The third-order valence-corrected chi connectivity index (χ3v) is 7.05. The molecule has 2 aliphatic heterocycles. The van der Waals surface area contributed by atoms with Gasteiger partial charge in [-0.15, -0.1) is 0 Å². The third kappa shape index (κ3) is 2.23. The number of rotatable bonds is 2. The molecule has 0 radical (unpaired) electrons. The third-order valence-electron chi connectivity index (χ3n) is 6.77. The van der Waals surface area contributed by atoms with Crippen molar-refractivity contribution in [3.05, 3.63) is 23.2 Å². The Morgan fingerprint density at radius 2 is 2.04 bits per heavy atom. The van der Waals surface area contributed by atoms with E-state index in [4.69, 9.17) is 16.1 Å². The number of imidazole rings is 1. The molecule has 9 nitrogen and oxygen atoms in total. The first kappa shape index (κ1) is 16.8.